The molecule has 98 valence electrons. The zero-order valence-electron chi connectivity index (χ0n) is 11.4. The molecule has 0 atom stereocenters. The topological polar surface area (TPSA) is 29.3 Å². The summed E-state index contributed by atoms with van der Waals surface area (Å²) in [6.45, 7) is 4.10. The summed E-state index contributed by atoms with van der Waals surface area (Å²) >= 11 is 0. The van der Waals surface area contributed by atoms with Crippen LogP contribution in [0.25, 0.3) is 0 Å². The van der Waals surface area contributed by atoms with Crippen molar-refractivity contribution in [2.45, 2.75) is 26.3 Å². The van der Waals surface area contributed by atoms with E-state index in [0.717, 1.165) is 18.8 Å². The Morgan fingerprint density at radius 2 is 2.00 bits per heavy atom. The Hall–Kier alpha value is -1.96. The fraction of sp³-hybridized carbons (Fsp3) is 0.294. The highest BCUT2D eigenvalue weighted by molar-refractivity contribution is 5.58. The number of hydrogen-bond donors (Lipinski definition) is 1. The van der Waals surface area contributed by atoms with Crippen molar-refractivity contribution < 1.29 is 0 Å². The number of para-hydroxylation sites is 1. The van der Waals surface area contributed by atoms with Crippen molar-refractivity contribution in [3.8, 4) is 0 Å². The second-order valence-corrected chi connectivity index (χ2v) is 5.36. The van der Waals surface area contributed by atoms with E-state index in [1.807, 2.05) is 0 Å². The maximum Gasteiger partial charge on any atom is 0.0449 e. The molecule has 1 heterocycles. The van der Waals surface area contributed by atoms with Crippen LogP contribution in [0, 0.1) is 6.92 Å². The van der Waals surface area contributed by atoms with Gasteiger partial charge in [-0.25, -0.2) is 0 Å². The predicted octanol–water partition coefficient (Wildman–Crippen LogP) is 3.53. The van der Waals surface area contributed by atoms with Gasteiger partial charge in [0, 0.05) is 24.5 Å². The standard InChI is InChI=1S/C17H20N2/c1-13-8-9-15(16(18)11-13)12-19-10-4-6-14-5-2-3-7-17(14)19/h2-3,5,7-9,11H,4,6,10,12,18H2,1H3. The molecular weight excluding hydrogens is 232 g/mol. The second-order valence-electron chi connectivity index (χ2n) is 5.36. The molecule has 0 spiro atoms. The predicted molar refractivity (Wildman–Crippen MR) is 81.4 cm³/mol. The lowest BCUT2D eigenvalue weighted by atomic mass is 10.0. The van der Waals surface area contributed by atoms with Gasteiger partial charge in [0.25, 0.3) is 0 Å². The summed E-state index contributed by atoms with van der Waals surface area (Å²) in [6, 6.07) is 15.1. The van der Waals surface area contributed by atoms with Crippen molar-refractivity contribution in [3.63, 3.8) is 0 Å². The molecule has 0 saturated heterocycles. The SMILES string of the molecule is Cc1ccc(CN2CCCc3ccccc32)c(N)c1. The lowest BCUT2D eigenvalue weighted by Crippen LogP contribution is -2.29. The Labute approximate surface area is 114 Å². The molecule has 0 radical (unpaired) electrons. The summed E-state index contributed by atoms with van der Waals surface area (Å²) in [5.41, 5.74) is 12.3. The Kier molecular flexibility index (Phi) is 3.16. The first kappa shape index (κ1) is 12.1. The summed E-state index contributed by atoms with van der Waals surface area (Å²) in [5, 5.41) is 0. The molecule has 0 bridgehead atoms. The minimum Gasteiger partial charge on any atom is -0.398 e. The van der Waals surface area contributed by atoms with Crippen LogP contribution in [-0.4, -0.2) is 6.54 Å². The number of nitrogens with zero attached hydrogens (tertiary/aromatic N) is 1. The molecule has 3 rings (SSSR count). The molecule has 2 aromatic carbocycles. The number of hydrogen-bond acceptors (Lipinski definition) is 2. The van der Waals surface area contributed by atoms with Crippen LogP contribution in [0.4, 0.5) is 11.4 Å². The molecule has 2 N–H and O–H groups in total. The fourth-order valence-electron chi connectivity index (χ4n) is 2.84. The Morgan fingerprint density at radius 1 is 1.16 bits per heavy atom. The highest BCUT2D eigenvalue weighted by Crippen LogP contribution is 2.29. The molecule has 0 fully saturated rings. The van der Waals surface area contributed by atoms with Crippen molar-refractivity contribution in [2.75, 3.05) is 17.2 Å². The van der Waals surface area contributed by atoms with Gasteiger partial charge in [0.15, 0.2) is 0 Å². The molecule has 0 saturated carbocycles. The van der Waals surface area contributed by atoms with Gasteiger partial charge >= 0.3 is 0 Å². The van der Waals surface area contributed by atoms with Crippen LogP contribution in [0.3, 0.4) is 0 Å². The first-order valence-electron chi connectivity index (χ1n) is 6.92. The Morgan fingerprint density at radius 3 is 2.84 bits per heavy atom. The quantitative estimate of drug-likeness (QED) is 0.828. The van der Waals surface area contributed by atoms with Crippen LogP contribution in [-0.2, 0) is 13.0 Å². The number of aryl methyl sites for hydroxylation is 2. The van der Waals surface area contributed by atoms with E-state index in [4.69, 9.17) is 5.73 Å². The van der Waals surface area contributed by atoms with E-state index in [2.05, 4.69) is 54.3 Å². The maximum absolute atomic E-state index is 6.13. The minimum absolute atomic E-state index is 0.906. The van der Waals surface area contributed by atoms with E-state index in [0.29, 0.717) is 0 Å². The number of anilines is 2. The monoisotopic (exact) mass is 252 g/mol. The third-order valence-electron chi connectivity index (χ3n) is 3.87. The van der Waals surface area contributed by atoms with Crippen molar-refractivity contribution >= 4 is 11.4 Å². The number of nitrogen functional groups attached to an aromatic ring is 1. The first-order valence-corrected chi connectivity index (χ1v) is 6.92. The molecule has 2 heteroatoms. The van der Waals surface area contributed by atoms with Gasteiger partial charge in [-0.05, 0) is 48.6 Å². The van der Waals surface area contributed by atoms with Crippen molar-refractivity contribution in [3.05, 3.63) is 59.2 Å². The maximum atomic E-state index is 6.13. The number of fused-ring (bicyclic) bond motifs is 1. The molecule has 2 aromatic rings. The smallest absolute Gasteiger partial charge is 0.0449 e. The molecule has 0 aromatic heterocycles. The average Bonchev–Trinajstić information content (AvgIpc) is 2.42. The highest BCUT2D eigenvalue weighted by atomic mass is 15.1. The largest absolute Gasteiger partial charge is 0.398 e. The zero-order valence-corrected chi connectivity index (χ0v) is 11.4. The molecule has 1 aliphatic rings. The summed E-state index contributed by atoms with van der Waals surface area (Å²) in [5.74, 6) is 0. The number of nitrogens with two attached hydrogens (primary N) is 1. The van der Waals surface area contributed by atoms with Gasteiger partial charge in [-0.15, -0.1) is 0 Å². The molecule has 0 aliphatic carbocycles. The summed E-state index contributed by atoms with van der Waals surface area (Å²) < 4.78 is 0. The zero-order chi connectivity index (χ0) is 13.2. The Balaban J connectivity index is 1.88. The minimum atomic E-state index is 0.906. The lowest BCUT2D eigenvalue weighted by molar-refractivity contribution is 0.692. The van der Waals surface area contributed by atoms with E-state index in [-0.39, 0.29) is 0 Å². The summed E-state index contributed by atoms with van der Waals surface area (Å²) in [4.78, 5) is 2.44. The van der Waals surface area contributed by atoms with Gasteiger partial charge < -0.3 is 10.6 Å². The van der Waals surface area contributed by atoms with E-state index >= 15 is 0 Å². The van der Waals surface area contributed by atoms with Crippen molar-refractivity contribution in [1.29, 1.82) is 0 Å². The van der Waals surface area contributed by atoms with Crippen molar-refractivity contribution in [2.24, 2.45) is 0 Å². The van der Waals surface area contributed by atoms with Crippen LogP contribution in [0.15, 0.2) is 42.5 Å². The van der Waals surface area contributed by atoms with E-state index < -0.39 is 0 Å². The third kappa shape index (κ3) is 2.43. The van der Waals surface area contributed by atoms with Crippen LogP contribution < -0.4 is 10.6 Å². The van der Waals surface area contributed by atoms with Crippen LogP contribution in [0.1, 0.15) is 23.1 Å². The summed E-state index contributed by atoms with van der Waals surface area (Å²) in [7, 11) is 0. The van der Waals surface area contributed by atoms with Crippen LogP contribution in [0.2, 0.25) is 0 Å². The molecule has 0 unspecified atom stereocenters. The van der Waals surface area contributed by atoms with Gasteiger partial charge in [0.2, 0.25) is 0 Å². The van der Waals surface area contributed by atoms with Gasteiger partial charge in [-0.3, -0.25) is 0 Å². The van der Waals surface area contributed by atoms with E-state index in [9.17, 15) is 0 Å². The van der Waals surface area contributed by atoms with E-state index in [1.165, 1.54) is 35.2 Å². The molecule has 1 aliphatic heterocycles. The first-order chi connectivity index (χ1) is 9.24. The van der Waals surface area contributed by atoms with Gasteiger partial charge in [-0.2, -0.15) is 0 Å². The summed E-state index contributed by atoms with van der Waals surface area (Å²) in [6.07, 6.45) is 2.42. The van der Waals surface area contributed by atoms with Gasteiger partial charge in [-0.1, -0.05) is 30.3 Å². The normalized spacial score (nSPS) is 14.3. The number of benzene rings is 2. The second kappa shape index (κ2) is 4.96. The molecule has 2 nitrogen and oxygen atoms in total. The van der Waals surface area contributed by atoms with Gasteiger partial charge in [0.05, 0.1) is 0 Å². The van der Waals surface area contributed by atoms with E-state index in [1.54, 1.807) is 0 Å². The molecule has 19 heavy (non-hydrogen) atoms. The molecule has 0 amide bonds. The van der Waals surface area contributed by atoms with Crippen LogP contribution >= 0.6 is 0 Å². The average molecular weight is 252 g/mol. The van der Waals surface area contributed by atoms with Crippen LogP contribution in [0.5, 0.6) is 0 Å². The van der Waals surface area contributed by atoms with Crippen molar-refractivity contribution in [1.82, 2.24) is 0 Å². The highest BCUT2D eigenvalue weighted by Gasteiger charge is 2.16. The fourth-order valence-corrected chi connectivity index (χ4v) is 2.84. The Bertz CT molecular complexity index is 590. The molecular formula is C17H20N2. The third-order valence-corrected chi connectivity index (χ3v) is 3.87. The number of rotatable bonds is 2. The lowest BCUT2D eigenvalue weighted by Gasteiger charge is -2.31. The van der Waals surface area contributed by atoms with Gasteiger partial charge in [0.1, 0.15) is 0 Å².